The first kappa shape index (κ1) is 12.3. The molecule has 2 rings (SSSR count). The molecule has 0 atom stereocenters. The predicted octanol–water partition coefficient (Wildman–Crippen LogP) is 2.48. The fraction of sp³-hybridized carbons (Fsp3) is 0.200. The fourth-order valence-electron chi connectivity index (χ4n) is 1.79. The van der Waals surface area contributed by atoms with Crippen LogP contribution in [-0.2, 0) is 0 Å². The molecule has 3 nitrogen and oxygen atoms in total. The van der Waals surface area contributed by atoms with Gasteiger partial charge in [-0.05, 0) is 18.2 Å². The average Bonchev–Trinajstić information content (AvgIpc) is 2.40. The van der Waals surface area contributed by atoms with Gasteiger partial charge in [-0.25, -0.2) is 0 Å². The minimum atomic E-state index is -0.103. The van der Waals surface area contributed by atoms with Crippen LogP contribution in [0, 0.1) is 0 Å². The van der Waals surface area contributed by atoms with Crippen LogP contribution in [0.15, 0.2) is 54.7 Å². The molecular weight excluding hydrogens is 224 g/mol. The SMILES string of the molecule is CC(C)c1cccc[n+]1NC(=O)c1ccccc1. The Hall–Kier alpha value is -2.16. The summed E-state index contributed by atoms with van der Waals surface area (Å²) in [6.07, 6.45) is 1.86. The number of amides is 1. The second-order valence-electron chi connectivity index (χ2n) is 4.46. The molecule has 1 aromatic heterocycles. The summed E-state index contributed by atoms with van der Waals surface area (Å²) in [6.45, 7) is 4.20. The molecule has 1 heterocycles. The van der Waals surface area contributed by atoms with Crippen LogP contribution in [0.25, 0.3) is 0 Å². The summed E-state index contributed by atoms with van der Waals surface area (Å²) in [6, 6.07) is 15.1. The van der Waals surface area contributed by atoms with Crippen molar-refractivity contribution in [3.05, 3.63) is 66.0 Å². The molecule has 3 heteroatoms. The summed E-state index contributed by atoms with van der Waals surface area (Å²) in [5, 5.41) is 0. The van der Waals surface area contributed by atoms with Gasteiger partial charge in [0.05, 0.1) is 0 Å². The Bertz CT molecular complexity index is 535. The number of nitrogens with zero attached hydrogens (tertiary/aromatic N) is 1. The van der Waals surface area contributed by atoms with Crippen molar-refractivity contribution in [1.82, 2.24) is 0 Å². The maximum atomic E-state index is 12.1. The van der Waals surface area contributed by atoms with Crippen molar-refractivity contribution in [1.29, 1.82) is 0 Å². The van der Waals surface area contributed by atoms with E-state index in [-0.39, 0.29) is 5.91 Å². The van der Waals surface area contributed by atoms with Crippen LogP contribution >= 0.6 is 0 Å². The zero-order valence-corrected chi connectivity index (χ0v) is 10.6. The smallest absolute Gasteiger partial charge is 0.264 e. The molecule has 0 bridgehead atoms. The predicted molar refractivity (Wildman–Crippen MR) is 70.9 cm³/mol. The molecule has 0 unspecified atom stereocenters. The zero-order chi connectivity index (χ0) is 13.0. The molecule has 0 aliphatic rings. The molecule has 0 saturated heterocycles. The first-order valence-electron chi connectivity index (χ1n) is 6.05. The molecule has 1 aromatic carbocycles. The second-order valence-corrected chi connectivity index (χ2v) is 4.46. The molecule has 0 aliphatic heterocycles. The van der Waals surface area contributed by atoms with Crippen molar-refractivity contribution >= 4 is 5.91 Å². The number of hydrogen-bond donors (Lipinski definition) is 1. The number of pyridine rings is 1. The summed E-state index contributed by atoms with van der Waals surface area (Å²) < 4.78 is 1.78. The van der Waals surface area contributed by atoms with Gasteiger partial charge in [0.25, 0.3) is 0 Å². The molecule has 1 N–H and O–H groups in total. The van der Waals surface area contributed by atoms with Crippen LogP contribution in [0.2, 0.25) is 0 Å². The van der Waals surface area contributed by atoms with E-state index in [4.69, 9.17) is 0 Å². The van der Waals surface area contributed by atoms with E-state index in [9.17, 15) is 4.79 Å². The Balaban J connectivity index is 2.22. The highest BCUT2D eigenvalue weighted by atomic mass is 16.2. The molecule has 0 fully saturated rings. The van der Waals surface area contributed by atoms with Crippen LogP contribution in [-0.4, -0.2) is 5.91 Å². The Kier molecular flexibility index (Phi) is 3.72. The third-order valence-corrected chi connectivity index (χ3v) is 2.74. The lowest BCUT2D eigenvalue weighted by Gasteiger charge is -2.06. The van der Waals surface area contributed by atoms with Crippen molar-refractivity contribution in [2.75, 3.05) is 5.43 Å². The minimum absolute atomic E-state index is 0.103. The third-order valence-electron chi connectivity index (χ3n) is 2.74. The zero-order valence-electron chi connectivity index (χ0n) is 10.6. The van der Waals surface area contributed by atoms with Gasteiger partial charge >= 0.3 is 5.91 Å². The van der Waals surface area contributed by atoms with Crippen molar-refractivity contribution in [2.24, 2.45) is 0 Å². The lowest BCUT2D eigenvalue weighted by molar-refractivity contribution is -0.650. The van der Waals surface area contributed by atoms with Gasteiger partial charge in [0.15, 0.2) is 6.20 Å². The molecule has 1 amide bonds. The Morgan fingerprint density at radius 3 is 2.39 bits per heavy atom. The van der Waals surface area contributed by atoms with E-state index in [2.05, 4.69) is 19.3 Å². The first-order valence-corrected chi connectivity index (χ1v) is 6.05. The van der Waals surface area contributed by atoms with Crippen molar-refractivity contribution < 1.29 is 9.47 Å². The van der Waals surface area contributed by atoms with Crippen molar-refractivity contribution in [2.45, 2.75) is 19.8 Å². The lowest BCUT2D eigenvalue weighted by atomic mass is 10.1. The topological polar surface area (TPSA) is 33.0 Å². The number of benzene rings is 1. The summed E-state index contributed by atoms with van der Waals surface area (Å²) in [7, 11) is 0. The van der Waals surface area contributed by atoms with Gasteiger partial charge < -0.3 is 0 Å². The average molecular weight is 241 g/mol. The largest absolute Gasteiger partial charge is 0.305 e. The van der Waals surface area contributed by atoms with Gasteiger partial charge in [-0.15, -0.1) is 5.43 Å². The highest BCUT2D eigenvalue weighted by Crippen LogP contribution is 2.07. The number of aromatic nitrogens is 1. The van der Waals surface area contributed by atoms with Gasteiger partial charge in [0, 0.05) is 23.6 Å². The van der Waals surface area contributed by atoms with Gasteiger partial charge in [0.2, 0.25) is 5.69 Å². The van der Waals surface area contributed by atoms with E-state index in [1.807, 2.05) is 42.6 Å². The Morgan fingerprint density at radius 1 is 1.06 bits per heavy atom. The fourth-order valence-corrected chi connectivity index (χ4v) is 1.79. The number of carbonyl (C=O) groups excluding carboxylic acids is 1. The lowest BCUT2D eigenvalue weighted by Crippen LogP contribution is -2.51. The molecule has 92 valence electrons. The van der Waals surface area contributed by atoms with E-state index in [1.54, 1.807) is 16.8 Å². The molecule has 0 saturated carbocycles. The molecule has 0 spiro atoms. The number of nitrogens with one attached hydrogen (secondary N) is 1. The monoisotopic (exact) mass is 241 g/mol. The van der Waals surface area contributed by atoms with Gasteiger partial charge in [-0.3, -0.25) is 4.79 Å². The van der Waals surface area contributed by atoms with E-state index in [0.29, 0.717) is 11.5 Å². The number of rotatable bonds is 3. The van der Waals surface area contributed by atoms with E-state index in [0.717, 1.165) is 5.69 Å². The Labute approximate surface area is 107 Å². The second kappa shape index (κ2) is 5.45. The van der Waals surface area contributed by atoms with Crippen LogP contribution in [0.1, 0.15) is 35.8 Å². The molecule has 2 aromatic rings. The van der Waals surface area contributed by atoms with Gasteiger partial charge in [-0.2, -0.15) is 0 Å². The van der Waals surface area contributed by atoms with Crippen LogP contribution in [0.5, 0.6) is 0 Å². The van der Waals surface area contributed by atoms with E-state index in [1.165, 1.54) is 0 Å². The third kappa shape index (κ3) is 2.74. The maximum absolute atomic E-state index is 12.1. The molecule has 0 aliphatic carbocycles. The van der Waals surface area contributed by atoms with Crippen LogP contribution < -0.4 is 10.1 Å². The minimum Gasteiger partial charge on any atom is -0.264 e. The maximum Gasteiger partial charge on any atom is 0.305 e. The Morgan fingerprint density at radius 2 is 1.72 bits per heavy atom. The van der Waals surface area contributed by atoms with Crippen LogP contribution in [0.4, 0.5) is 0 Å². The highest BCUT2D eigenvalue weighted by Gasteiger charge is 2.17. The van der Waals surface area contributed by atoms with Crippen molar-refractivity contribution in [3.63, 3.8) is 0 Å². The molecular formula is C15H17N2O+. The normalized spacial score (nSPS) is 10.4. The standard InChI is InChI=1S/C15H16N2O/c1-12(2)14-10-6-7-11-17(14)16-15(18)13-8-4-3-5-9-13/h3-12H,1-2H3/p+1. The van der Waals surface area contributed by atoms with Crippen molar-refractivity contribution in [3.8, 4) is 0 Å². The molecule has 0 radical (unpaired) electrons. The number of hydrogen-bond acceptors (Lipinski definition) is 1. The summed E-state index contributed by atoms with van der Waals surface area (Å²) >= 11 is 0. The first-order chi connectivity index (χ1) is 8.68. The highest BCUT2D eigenvalue weighted by molar-refractivity contribution is 5.98. The number of carbonyl (C=O) groups is 1. The van der Waals surface area contributed by atoms with E-state index >= 15 is 0 Å². The summed E-state index contributed by atoms with van der Waals surface area (Å²) in [5.74, 6) is 0.246. The van der Waals surface area contributed by atoms with Crippen LogP contribution in [0.3, 0.4) is 0 Å². The molecule has 18 heavy (non-hydrogen) atoms. The summed E-state index contributed by atoms with van der Waals surface area (Å²) in [5.41, 5.74) is 4.61. The summed E-state index contributed by atoms with van der Waals surface area (Å²) in [4.78, 5) is 12.1. The van der Waals surface area contributed by atoms with E-state index < -0.39 is 0 Å². The quantitative estimate of drug-likeness (QED) is 0.823. The van der Waals surface area contributed by atoms with Gasteiger partial charge in [-0.1, -0.05) is 36.7 Å². The van der Waals surface area contributed by atoms with Gasteiger partial charge in [0.1, 0.15) is 0 Å².